The second-order valence-corrected chi connectivity index (χ2v) is 11.3. The second-order valence-electron chi connectivity index (χ2n) is 10.9. The summed E-state index contributed by atoms with van der Waals surface area (Å²) in [7, 11) is 0. The minimum Gasteiger partial charge on any atom is -0.473 e. The van der Waals surface area contributed by atoms with Crippen LogP contribution in [0.5, 0.6) is 5.88 Å². The summed E-state index contributed by atoms with van der Waals surface area (Å²) in [4.78, 5) is 26.2. The monoisotopic (exact) mass is 608 g/mol. The van der Waals surface area contributed by atoms with Crippen molar-refractivity contribution in [3.05, 3.63) is 88.1 Å². The number of carbonyl (C=O) groups is 1. The lowest BCUT2D eigenvalue weighted by Crippen LogP contribution is -2.32. The van der Waals surface area contributed by atoms with Gasteiger partial charge in [0.05, 0.1) is 29.2 Å². The first kappa shape index (κ1) is 30.9. The average molecular weight is 609 g/mol. The molecule has 2 aliphatic rings. The van der Waals surface area contributed by atoms with Crippen molar-refractivity contribution in [1.82, 2.24) is 14.5 Å². The number of benzene rings is 2. The summed E-state index contributed by atoms with van der Waals surface area (Å²) in [6.45, 7) is 5.58. The quantitative estimate of drug-likeness (QED) is 0.201. The molecule has 0 amide bonds. The summed E-state index contributed by atoms with van der Waals surface area (Å²) < 4.78 is 27.9. The van der Waals surface area contributed by atoms with E-state index in [1.54, 1.807) is 30.3 Å². The number of nitrogens with two attached hydrogens (primary N) is 1. The van der Waals surface area contributed by atoms with Gasteiger partial charge < -0.3 is 18.9 Å². The molecular formula is C33H38ClFN4O4. The molecule has 0 bridgehead atoms. The molecule has 4 aromatic rings. The van der Waals surface area contributed by atoms with Crippen molar-refractivity contribution in [1.29, 1.82) is 0 Å². The van der Waals surface area contributed by atoms with Crippen molar-refractivity contribution in [3.8, 4) is 5.88 Å². The van der Waals surface area contributed by atoms with E-state index in [1.807, 2.05) is 32.0 Å². The van der Waals surface area contributed by atoms with Gasteiger partial charge in [0.15, 0.2) is 0 Å². The zero-order valence-electron chi connectivity index (χ0n) is 24.6. The van der Waals surface area contributed by atoms with E-state index in [9.17, 15) is 9.18 Å². The Labute approximate surface area is 256 Å². The van der Waals surface area contributed by atoms with Crippen molar-refractivity contribution in [2.75, 3.05) is 6.61 Å². The van der Waals surface area contributed by atoms with E-state index in [0.29, 0.717) is 40.4 Å². The van der Waals surface area contributed by atoms with Gasteiger partial charge in [-0.2, -0.15) is 5.90 Å². The average Bonchev–Trinajstić information content (AvgIpc) is 3.35. The highest BCUT2D eigenvalue weighted by Gasteiger charge is 2.27. The molecule has 1 aliphatic heterocycles. The third-order valence-corrected chi connectivity index (χ3v) is 8.46. The molecule has 2 aromatic carbocycles. The number of hydrogen-bond acceptors (Lipinski definition) is 7. The Hall–Kier alpha value is -3.53. The Balaban J connectivity index is 0.00000180. The number of nitrogens with zero attached hydrogens (tertiary/aromatic N) is 3. The van der Waals surface area contributed by atoms with Gasteiger partial charge in [-0.1, -0.05) is 37.6 Å². The summed E-state index contributed by atoms with van der Waals surface area (Å²) in [5, 5.41) is 0.356. The van der Waals surface area contributed by atoms with E-state index in [4.69, 9.17) is 36.9 Å². The number of aromatic nitrogens is 3. The van der Waals surface area contributed by atoms with Gasteiger partial charge >= 0.3 is 5.97 Å². The van der Waals surface area contributed by atoms with Gasteiger partial charge in [-0.15, -0.1) is 0 Å². The maximum atomic E-state index is 14.1. The molecule has 2 fully saturated rings. The van der Waals surface area contributed by atoms with Gasteiger partial charge in [0.1, 0.15) is 18.2 Å². The van der Waals surface area contributed by atoms with Gasteiger partial charge in [-0.3, -0.25) is 0 Å². The molecule has 8 nitrogen and oxygen atoms in total. The standard InChI is InChI=1S/C31H32ClFN4O4.C2H6/c32-23-10-8-22(25(33)16-23)18-40-30-3-1-2-26(36-30)20-6-4-19(5-7-20)14-29-35-27-11-9-21(31(38)41-34)15-28(27)37(29)17-24-12-13-39-24;1-2/h1-3,8-11,15-16,19-20,24H,4-7,12-14,17-18,34H2;1-2H3. The number of halogens is 2. The van der Waals surface area contributed by atoms with Crippen molar-refractivity contribution in [3.63, 3.8) is 0 Å². The van der Waals surface area contributed by atoms with Gasteiger partial charge in [0.2, 0.25) is 5.88 Å². The van der Waals surface area contributed by atoms with Crippen LogP contribution in [0.2, 0.25) is 5.02 Å². The second kappa shape index (κ2) is 14.3. The Kier molecular flexibility index (Phi) is 10.3. The van der Waals surface area contributed by atoms with E-state index in [2.05, 4.69) is 9.40 Å². The predicted octanol–water partition coefficient (Wildman–Crippen LogP) is 7.16. The number of ether oxygens (including phenoxy) is 2. The first-order chi connectivity index (χ1) is 21.0. The van der Waals surface area contributed by atoms with Gasteiger partial charge in [-0.25, -0.2) is 19.2 Å². The first-order valence-corrected chi connectivity index (χ1v) is 15.4. The SMILES string of the molecule is CC.NOC(=O)c1ccc2nc(CC3CCC(c4cccc(OCc5ccc(Cl)cc5F)n4)CC3)n(CC3CCO3)c2c1. The van der Waals surface area contributed by atoms with Crippen molar-refractivity contribution < 1.29 is 23.5 Å². The molecule has 228 valence electrons. The molecule has 0 radical (unpaired) electrons. The minimum absolute atomic E-state index is 0.0913. The maximum Gasteiger partial charge on any atom is 0.356 e. The lowest BCUT2D eigenvalue weighted by Gasteiger charge is -2.30. The molecule has 2 aromatic heterocycles. The summed E-state index contributed by atoms with van der Waals surface area (Å²) in [6.07, 6.45) is 6.18. The fourth-order valence-electron chi connectivity index (χ4n) is 5.81. The van der Waals surface area contributed by atoms with Gasteiger partial charge in [0.25, 0.3) is 0 Å². The van der Waals surface area contributed by atoms with E-state index in [1.165, 1.54) is 6.07 Å². The van der Waals surface area contributed by atoms with E-state index < -0.39 is 5.97 Å². The Morgan fingerprint density at radius 3 is 2.56 bits per heavy atom. The fraction of sp³-hybridized carbons (Fsp3) is 0.424. The number of carbonyl (C=O) groups excluding carboxylic acids is 1. The molecule has 1 saturated heterocycles. The topological polar surface area (TPSA) is 101 Å². The molecular weight excluding hydrogens is 571 g/mol. The number of imidazole rings is 1. The zero-order valence-corrected chi connectivity index (χ0v) is 25.4. The normalized spacial score (nSPS) is 19.7. The Morgan fingerprint density at radius 2 is 1.86 bits per heavy atom. The predicted molar refractivity (Wildman–Crippen MR) is 163 cm³/mol. The molecule has 6 rings (SSSR count). The van der Waals surface area contributed by atoms with Crippen LogP contribution in [-0.4, -0.2) is 33.2 Å². The number of rotatable bonds is 9. The third-order valence-electron chi connectivity index (χ3n) is 8.22. The molecule has 10 heteroatoms. The maximum absolute atomic E-state index is 14.1. The summed E-state index contributed by atoms with van der Waals surface area (Å²) in [6, 6.07) is 15.7. The van der Waals surface area contributed by atoms with Gasteiger partial charge in [0, 0.05) is 41.3 Å². The molecule has 3 heterocycles. The van der Waals surface area contributed by atoms with Crippen LogP contribution in [0.3, 0.4) is 0 Å². The molecule has 1 aliphatic carbocycles. The highest BCUT2D eigenvalue weighted by atomic mass is 35.5. The highest BCUT2D eigenvalue weighted by Crippen LogP contribution is 2.37. The lowest BCUT2D eigenvalue weighted by molar-refractivity contribution is -0.0590. The number of pyridine rings is 1. The minimum atomic E-state index is -0.570. The smallest absolute Gasteiger partial charge is 0.356 e. The summed E-state index contributed by atoms with van der Waals surface area (Å²) in [5.74, 6) is 6.49. The Morgan fingerprint density at radius 1 is 1.07 bits per heavy atom. The summed E-state index contributed by atoms with van der Waals surface area (Å²) >= 11 is 5.85. The van der Waals surface area contributed by atoms with Crippen molar-refractivity contribution in [2.24, 2.45) is 11.8 Å². The Bertz CT molecular complexity index is 1550. The zero-order chi connectivity index (χ0) is 30.3. The van der Waals surface area contributed by atoms with Crippen LogP contribution in [0.4, 0.5) is 4.39 Å². The molecule has 1 unspecified atom stereocenters. The van der Waals surface area contributed by atoms with Crippen molar-refractivity contribution in [2.45, 2.75) is 77.5 Å². The molecule has 0 spiro atoms. The van der Waals surface area contributed by atoms with E-state index in [0.717, 1.165) is 67.7 Å². The van der Waals surface area contributed by atoms with Crippen LogP contribution in [0.25, 0.3) is 11.0 Å². The lowest BCUT2D eigenvalue weighted by atomic mass is 9.79. The van der Waals surface area contributed by atoms with Crippen LogP contribution >= 0.6 is 11.6 Å². The van der Waals surface area contributed by atoms with E-state index in [-0.39, 0.29) is 18.5 Å². The largest absolute Gasteiger partial charge is 0.473 e. The van der Waals surface area contributed by atoms with Crippen LogP contribution in [-0.2, 0) is 29.1 Å². The van der Waals surface area contributed by atoms with Crippen LogP contribution < -0.4 is 10.6 Å². The fourth-order valence-corrected chi connectivity index (χ4v) is 5.97. The third kappa shape index (κ3) is 7.34. The van der Waals surface area contributed by atoms with Crippen molar-refractivity contribution >= 4 is 28.6 Å². The molecule has 1 saturated carbocycles. The van der Waals surface area contributed by atoms with Crippen LogP contribution in [0.15, 0.2) is 54.6 Å². The van der Waals surface area contributed by atoms with Gasteiger partial charge in [-0.05, 0) is 74.4 Å². The summed E-state index contributed by atoms with van der Waals surface area (Å²) in [5.41, 5.74) is 3.59. The van der Waals surface area contributed by atoms with Crippen LogP contribution in [0, 0.1) is 11.7 Å². The van der Waals surface area contributed by atoms with Crippen LogP contribution in [0.1, 0.15) is 79.3 Å². The molecule has 43 heavy (non-hydrogen) atoms. The van der Waals surface area contributed by atoms with E-state index >= 15 is 0 Å². The highest BCUT2D eigenvalue weighted by molar-refractivity contribution is 6.30. The molecule has 2 N–H and O–H groups in total. The first-order valence-electron chi connectivity index (χ1n) is 15.0. The number of hydrogen-bond donors (Lipinski definition) is 1. The number of fused-ring (bicyclic) bond motifs is 1. The molecule has 1 atom stereocenters.